The highest BCUT2D eigenvalue weighted by atomic mass is 32.1. The number of benzene rings is 1. The highest BCUT2D eigenvalue weighted by molar-refractivity contribution is 7.09. The summed E-state index contributed by atoms with van der Waals surface area (Å²) in [6.07, 6.45) is -7.55. The number of piperidine rings is 1. The van der Waals surface area contributed by atoms with Crippen molar-refractivity contribution in [2.24, 2.45) is 0 Å². The predicted molar refractivity (Wildman–Crippen MR) is 126 cm³/mol. The van der Waals surface area contributed by atoms with E-state index in [1.54, 1.807) is 10.3 Å². The molecule has 222 valence electrons. The lowest BCUT2D eigenvalue weighted by Crippen LogP contribution is -2.31. The first-order valence-corrected chi connectivity index (χ1v) is 13.0. The molecule has 0 atom stereocenters. The van der Waals surface area contributed by atoms with E-state index >= 15 is 0 Å². The number of halogens is 10. The Morgan fingerprint density at radius 3 is 1.95 bits per heavy atom. The largest absolute Gasteiger partial charge is 0.435 e. The van der Waals surface area contributed by atoms with Crippen LogP contribution >= 0.6 is 11.3 Å². The normalized spacial score (nSPS) is 17.9. The van der Waals surface area contributed by atoms with Crippen molar-refractivity contribution in [1.82, 2.24) is 30.3 Å². The second kappa shape index (κ2) is 10.9. The van der Waals surface area contributed by atoms with Crippen LogP contribution in [0.5, 0.6) is 0 Å². The van der Waals surface area contributed by atoms with Gasteiger partial charge < -0.3 is 4.90 Å². The van der Waals surface area contributed by atoms with Crippen LogP contribution < -0.4 is 10.6 Å². The van der Waals surface area contributed by atoms with Crippen molar-refractivity contribution in [3.8, 4) is 0 Å². The molecule has 1 aromatic carbocycles. The van der Waals surface area contributed by atoms with Crippen molar-refractivity contribution < 1.29 is 43.9 Å². The lowest BCUT2D eigenvalue weighted by molar-refractivity contribution is -0.143. The number of rotatable bonds is 4. The molecule has 1 fully saturated rings. The number of nitrogens with one attached hydrogen (secondary N) is 2. The lowest BCUT2D eigenvalue weighted by atomic mass is 9.98. The summed E-state index contributed by atoms with van der Waals surface area (Å²) in [4.78, 5) is 6.26. The molecule has 0 amide bonds. The van der Waals surface area contributed by atoms with Crippen molar-refractivity contribution >= 4 is 17.5 Å². The second-order valence-electron chi connectivity index (χ2n) is 9.48. The number of aromatic nitrogens is 3. The minimum Gasteiger partial charge on any atom is -0.376 e. The highest BCUT2D eigenvalue weighted by Crippen LogP contribution is 2.36. The molecule has 4 heterocycles. The fraction of sp³-hybridized carbons (Fsp3) is 0.417. The fourth-order valence-electron chi connectivity index (χ4n) is 4.71. The minimum atomic E-state index is -5.03. The molecule has 1 saturated heterocycles. The maximum atomic E-state index is 14.2. The molecule has 0 radical (unpaired) electrons. The summed E-state index contributed by atoms with van der Waals surface area (Å²) < 4.78 is 134. The van der Waals surface area contributed by atoms with E-state index in [2.05, 4.69) is 20.7 Å². The van der Waals surface area contributed by atoms with Crippen molar-refractivity contribution in [2.75, 3.05) is 13.1 Å². The molecule has 2 N–H and O–H groups in total. The van der Waals surface area contributed by atoms with Crippen LogP contribution in [-0.4, -0.2) is 32.8 Å². The quantitative estimate of drug-likeness (QED) is 0.210. The number of alkyl halides is 6. The SMILES string of the molecule is Fc1c(F)c(F)c2c(c1F)CNC(c1csc(C3CCN(C=Cn4nc(C(F)(F)F)cc4C(F)(F)F)CC3)n1)NC2. The monoisotopic (exact) mass is 614 g/mol. The van der Waals surface area contributed by atoms with Gasteiger partial charge in [-0.25, -0.2) is 27.2 Å². The van der Waals surface area contributed by atoms with Gasteiger partial charge in [0.1, 0.15) is 11.9 Å². The van der Waals surface area contributed by atoms with Gasteiger partial charge in [-0.1, -0.05) is 0 Å². The lowest BCUT2D eigenvalue weighted by Gasteiger charge is -2.30. The van der Waals surface area contributed by atoms with Gasteiger partial charge in [0.2, 0.25) is 0 Å². The summed E-state index contributed by atoms with van der Waals surface area (Å²) in [5.41, 5.74) is -3.33. The maximum Gasteiger partial charge on any atom is 0.435 e. The molecular formula is C24H20F10N6S. The van der Waals surface area contributed by atoms with Crippen LogP contribution in [-0.2, 0) is 25.4 Å². The van der Waals surface area contributed by atoms with E-state index in [4.69, 9.17) is 0 Å². The summed E-state index contributed by atoms with van der Waals surface area (Å²) in [5, 5.41) is 11.3. The first kappa shape index (κ1) is 29.3. The van der Waals surface area contributed by atoms with Crippen LogP contribution in [0.1, 0.15) is 58.1 Å². The van der Waals surface area contributed by atoms with Crippen LogP contribution in [0.4, 0.5) is 43.9 Å². The molecule has 17 heteroatoms. The van der Waals surface area contributed by atoms with Gasteiger partial charge in [-0.2, -0.15) is 31.4 Å². The third-order valence-electron chi connectivity index (χ3n) is 6.89. The number of nitrogens with zero attached hydrogens (tertiary/aromatic N) is 4. The molecule has 3 aromatic rings. The molecular weight excluding hydrogens is 594 g/mol. The van der Waals surface area contributed by atoms with Gasteiger partial charge >= 0.3 is 12.4 Å². The Balaban J connectivity index is 1.22. The van der Waals surface area contributed by atoms with Gasteiger partial charge in [-0.05, 0) is 12.8 Å². The van der Waals surface area contributed by atoms with Crippen molar-refractivity contribution in [1.29, 1.82) is 0 Å². The highest BCUT2D eigenvalue weighted by Gasteiger charge is 2.41. The second-order valence-corrected chi connectivity index (χ2v) is 10.4. The number of likely N-dealkylation sites (tertiary alicyclic amines) is 1. The first-order chi connectivity index (χ1) is 19.2. The molecule has 0 saturated carbocycles. The number of hydrogen-bond donors (Lipinski definition) is 2. The van der Waals surface area contributed by atoms with Gasteiger partial charge in [0.05, 0.1) is 10.7 Å². The smallest absolute Gasteiger partial charge is 0.376 e. The summed E-state index contributed by atoms with van der Waals surface area (Å²) in [5.74, 6) is -6.70. The van der Waals surface area contributed by atoms with Crippen molar-refractivity contribution in [3.05, 3.63) is 74.1 Å². The molecule has 6 nitrogen and oxygen atoms in total. The molecule has 2 aliphatic rings. The Bertz CT molecular complexity index is 1410. The van der Waals surface area contributed by atoms with E-state index in [0.29, 0.717) is 31.6 Å². The summed E-state index contributed by atoms with van der Waals surface area (Å²) in [7, 11) is 0. The van der Waals surface area contributed by atoms with Crippen molar-refractivity contribution in [2.45, 2.75) is 50.4 Å². The standard InChI is InChI=1S/C24H20F10N6S/c25-17-12-8-35-21(36-9-13(12)18(26)20(28)19(17)27)14-10-41-22(37-14)11-1-3-39(4-2-11)5-6-40-16(24(32,33)34)7-15(38-40)23(29,30)31/h5-7,10-11,21,35-36H,1-4,8-9H2. The zero-order valence-electron chi connectivity index (χ0n) is 20.7. The molecule has 0 unspecified atom stereocenters. The topological polar surface area (TPSA) is 58.0 Å². The van der Waals surface area contributed by atoms with Gasteiger partial charge in [-0.15, -0.1) is 11.3 Å². The Morgan fingerprint density at radius 1 is 0.829 bits per heavy atom. The van der Waals surface area contributed by atoms with E-state index in [9.17, 15) is 43.9 Å². The van der Waals surface area contributed by atoms with E-state index in [1.165, 1.54) is 17.5 Å². The maximum absolute atomic E-state index is 14.2. The van der Waals surface area contributed by atoms with Crippen LogP contribution in [0, 0.1) is 23.3 Å². The summed E-state index contributed by atoms with van der Waals surface area (Å²) in [6, 6.07) is -0.0448. The van der Waals surface area contributed by atoms with E-state index in [0.717, 1.165) is 11.2 Å². The zero-order valence-corrected chi connectivity index (χ0v) is 21.5. The van der Waals surface area contributed by atoms with E-state index in [-0.39, 0.29) is 40.9 Å². The molecule has 2 aliphatic heterocycles. The van der Waals surface area contributed by atoms with E-state index in [1.807, 2.05) is 0 Å². The zero-order chi connectivity index (χ0) is 29.7. The molecule has 0 aliphatic carbocycles. The summed E-state index contributed by atoms with van der Waals surface area (Å²) >= 11 is 1.33. The Morgan fingerprint density at radius 2 is 1.41 bits per heavy atom. The number of fused-ring (bicyclic) bond motifs is 1. The Kier molecular flexibility index (Phi) is 7.80. The number of hydrogen-bond acceptors (Lipinski definition) is 6. The third kappa shape index (κ3) is 5.92. The Labute approximate surface area is 229 Å². The van der Waals surface area contributed by atoms with Gasteiger partial charge in [-0.3, -0.25) is 10.6 Å². The molecule has 0 bridgehead atoms. The minimum absolute atomic E-state index is 0.0215. The van der Waals surface area contributed by atoms with Gasteiger partial charge in [0, 0.05) is 67.1 Å². The first-order valence-electron chi connectivity index (χ1n) is 12.2. The predicted octanol–water partition coefficient (Wildman–Crippen LogP) is 6.13. The molecule has 2 aromatic heterocycles. The van der Waals surface area contributed by atoms with Crippen LogP contribution in [0.3, 0.4) is 0 Å². The average Bonchev–Trinajstić information content (AvgIpc) is 3.53. The van der Waals surface area contributed by atoms with Crippen molar-refractivity contribution in [3.63, 3.8) is 0 Å². The van der Waals surface area contributed by atoms with Crippen LogP contribution in [0.2, 0.25) is 0 Å². The van der Waals surface area contributed by atoms with Gasteiger partial charge in [0.15, 0.2) is 29.0 Å². The van der Waals surface area contributed by atoms with Crippen LogP contribution in [0.25, 0.3) is 6.20 Å². The Hall–Kier alpha value is -3.18. The molecule has 41 heavy (non-hydrogen) atoms. The molecule has 5 rings (SSSR count). The van der Waals surface area contributed by atoms with Gasteiger partial charge in [0.25, 0.3) is 0 Å². The average molecular weight is 615 g/mol. The summed E-state index contributed by atoms with van der Waals surface area (Å²) in [6.45, 7) is 0.216. The molecule has 0 spiro atoms. The third-order valence-corrected chi connectivity index (χ3v) is 7.91. The number of thiazole rings is 1. The van der Waals surface area contributed by atoms with E-state index < -0.39 is 53.2 Å². The van der Waals surface area contributed by atoms with Crippen LogP contribution in [0.15, 0.2) is 17.6 Å². The fourth-order valence-corrected chi connectivity index (χ4v) is 5.73.